The Bertz CT molecular complexity index is 507. The van der Waals surface area contributed by atoms with Gasteiger partial charge in [0.1, 0.15) is 5.75 Å². The Balaban J connectivity index is 1.74. The molecule has 0 aliphatic heterocycles. The molecule has 3 nitrogen and oxygen atoms in total. The van der Waals surface area contributed by atoms with Crippen LogP contribution in [-0.4, -0.2) is 28.8 Å². The summed E-state index contributed by atoms with van der Waals surface area (Å²) >= 11 is 10.8. The van der Waals surface area contributed by atoms with E-state index < -0.39 is 0 Å². The Hall–Kier alpha value is -0.430. The zero-order valence-electron chi connectivity index (χ0n) is 9.63. The highest BCUT2D eigenvalue weighted by Gasteiger charge is 2.04. The van der Waals surface area contributed by atoms with Crippen LogP contribution in [0.25, 0.3) is 0 Å². The van der Waals surface area contributed by atoms with E-state index in [-0.39, 0.29) is 0 Å². The standard InChI is InChI=1S/C11H11ClN2OS3/c1-16-10-13-14-11(18-10)17-7-6-15-9-5-3-2-4-8(9)12/h2-5H,6-7H2,1H3. The second kappa shape index (κ2) is 7.23. The summed E-state index contributed by atoms with van der Waals surface area (Å²) in [5.41, 5.74) is 0. The van der Waals surface area contributed by atoms with Gasteiger partial charge in [-0.05, 0) is 18.4 Å². The monoisotopic (exact) mass is 318 g/mol. The van der Waals surface area contributed by atoms with Crippen molar-refractivity contribution >= 4 is 46.5 Å². The number of nitrogens with zero attached hydrogens (tertiary/aromatic N) is 2. The Labute approximate surface area is 123 Å². The first-order chi connectivity index (χ1) is 8.79. The third-order valence-electron chi connectivity index (χ3n) is 1.97. The van der Waals surface area contributed by atoms with Gasteiger partial charge in [0.2, 0.25) is 0 Å². The number of aromatic nitrogens is 2. The van der Waals surface area contributed by atoms with Gasteiger partial charge in [0.15, 0.2) is 8.68 Å². The highest BCUT2D eigenvalue weighted by Crippen LogP contribution is 2.28. The van der Waals surface area contributed by atoms with E-state index in [1.807, 2.05) is 30.5 Å². The summed E-state index contributed by atoms with van der Waals surface area (Å²) in [6, 6.07) is 7.47. The SMILES string of the molecule is CSc1nnc(SCCOc2ccccc2Cl)s1. The summed E-state index contributed by atoms with van der Waals surface area (Å²) in [6.07, 6.45) is 2.00. The topological polar surface area (TPSA) is 35.0 Å². The van der Waals surface area contributed by atoms with Gasteiger partial charge in [-0.25, -0.2) is 0 Å². The predicted molar refractivity (Wildman–Crippen MR) is 79.4 cm³/mol. The molecule has 18 heavy (non-hydrogen) atoms. The fraction of sp³-hybridized carbons (Fsp3) is 0.273. The van der Waals surface area contributed by atoms with Crippen LogP contribution in [0.3, 0.4) is 0 Å². The van der Waals surface area contributed by atoms with E-state index >= 15 is 0 Å². The van der Waals surface area contributed by atoms with Gasteiger partial charge in [-0.15, -0.1) is 10.2 Å². The van der Waals surface area contributed by atoms with Crippen LogP contribution >= 0.6 is 46.5 Å². The largest absolute Gasteiger partial charge is 0.491 e. The number of para-hydroxylation sites is 1. The summed E-state index contributed by atoms with van der Waals surface area (Å²) in [5, 5.41) is 8.75. The summed E-state index contributed by atoms with van der Waals surface area (Å²) in [6.45, 7) is 0.600. The van der Waals surface area contributed by atoms with Gasteiger partial charge in [-0.3, -0.25) is 0 Å². The van der Waals surface area contributed by atoms with Crippen molar-refractivity contribution in [3.05, 3.63) is 29.3 Å². The average molecular weight is 319 g/mol. The molecular weight excluding hydrogens is 308 g/mol. The Kier molecular flexibility index (Phi) is 5.62. The van der Waals surface area contributed by atoms with Crippen molar-refractivity contribution in [2.45, 2.75) is 8.68 Å². The molecule has 0 aliphatic carbocycles. The van der Waals surface area contributed by atoms with Gasteiger partial charge < -0.3 is 4.74 Å². The van der Waals surface area contributed by atoms with Crippen molar-refractivity contribution in [3.8, 4) is 5.75 Å². The number of hydrogen-bond acceptors (Lipinski definition) is 6. The zero-order chi connectivity index (χ0) is 12.8. The van der Waals surface area contributed by atoms with Crippen LogP contribution in [0, 0.1) is 0 Å². The molecule has 96 valence electrons. The maximum atomic E-state index is 5.99. The number of thioether (sulfide) groups is 2. The molecule has 0 N–H and O–H groups in total. The van der Waals surface area contributed by atoms with E-state index in [0.29, 0.717) is 11.6 Å². The average Bonchev–Trinajstić information content (AvgIpc) is 2.84. The summed E-state index contributed by atoms with van der Waals surface area (Å²) < 4.78 is 7.55. The first kappa shape index (κ1) is 14.0. The fourth-order valence-electron chi connectivity index (χ4n) is 1.18. The normalized spacial score (nSPS) is 10.6. The number of halogens is 1. The van der Waals surface area contributed by atoms with Crippen LogP contribution in [0.1, 0.15) is 0 Å². The third kappa shape index (κ3) is 4.05. The Morgan fingerprint density at radius 2 is 2.06 bits per heavy atom. The molecule has 0 radical (unpaired) electrons. The number of benzene rings is 1. The lowest BCUT2D eigenvalue weighted by Gasteiger charge is -2.06. The molecular formula is C11H11ClN2OS3. The lowest BCUT2D eigenvalue weighted by Crippen LogP contribution is -2.00. The third-order valence-corrected chi connectivity index (χ3v) is 5.27. The summed E-state index contributed by atoms with van der Waals surface area (Å²) in [4.78, 5) is 0. The minimum absolute atomic E-state index is 0.600. The minimum atomic E-state index is 0.600. The van der Waals surface area contributed by atoms with Crippen molar-refractivity contribution in [2.75, 3.05) is 18.6 Å². The van der Waals surface area contributed by atoms with Crippen molar-refractivity contribution in [1.29, 1.82) is 0 Å². The molecule has 0 atom stereocenters. The van der Waals surface area contributed by atoms with Crippen LogP contribution in [-0.2, 0) is 0 Å². The van der Waals surface area contributed by atoms with Gasteiger partial charge in [0.25, 0.3) is 0 Å². The molecule has 0 saturated carbocycles. The molecule has 0 aliphatic rings. The molecule has 0 spiro atoms. The van der Waals surface area contributed by atoms with Gasteiger partial charge in [-0.1, -0.05) is 58.6 Å². The minimum Gasteiger partial charge on any atom is -0.491 e. The van der Waals surface area contributed by atoms with E-state index in [4.69, 9.17) is 16.3 Å². The molecule has 0 fully saturated rings. The second-order valence-corrected chi connectivity index (χ2v) is 6.95. The molecule has 0 bridgehead atoms. The second-order valence-electron chi connectivity index (χ2n) is 3.17. The van der Waals surface area contributed by atoms with E-state index in [1.54, 1.807) is 34.9 Å². The maximum absolute atomic E-state index is 5.99. The van der Waals surface area contributed by atoms with Crippen molar-refractivity contribution < 1.29 is 4.74 Å². The van der Waals surface area contributed by atoms with Crippen molar-refractivity contribution in [2.24, 2.45) is 0 Å². The lowest BCUT2D eigenvalue weighted by molar-refractivity contribution is 0.344. The van der Waals surface area contributed by atoms with E-state index in [9.17, 15) is 0 Å². The summed E-state index contributed by atoms with van der Waals surface area (Å²) in [5.74, 6) is 1.55. The molecule has 2 rings (SSSR count). The fourth-order valence-corrected chi connectivity index (χ4v) is 3.70. The molecule has 0 amide bonds. The van der Waals surface area contributed by atoms with Crippen LogP contribution < -0.4 is 4.74 Å². The molecule has 2 aromatic rings. The first-order valence-electron chi connectivity index (χ1n) is 5.17. The van der Waals surface area contributed by atoms with Gasteiger partial charge in [-0.2, -0.15) is 0 Å². The van der Waals surface area contributed by atoms with Crippen LogP contribution in [0.2, 0.25) is 5.02 Å². The predicted octanol–water partition coefficient (Wildman–Crippen LogP) is 4.08. The van der Waals surface area contributed by atoms with E-state index in [0.717, 1.165) is 20.2 Å². The van der Waals surface area contributed by atoms with E-state index in [1.165, 1.54) is 0 Å². The Morgan fingerprint density at radius 1 is 1.28 bits per heavy atom. The van der Waals surface area contributed by atoms with Crippen LogP contribution in [0.4, 0.5) is 0 Å². The molecule has 1 heterocycles. The van der Waals surface area contributed by atoms with Crippen LogP contribution in [0.5, 0.6) is 5.75 Å². The smallest absolute Gasteiger partial charge is 0.175 e. The summed E-state index contributed by atoms with van der Waals surface area (Å²) in [7, 11) is 0. The van der Waals surface area contributed by atoms with Gasteiger partial charge >= 0.3 is 0 Å². The Morgan fingerprint density at radius 3 is 2.78 bits per heavy atom. The van der Waals surface area contributed by atoms with Gasteiger partial charge in [0, 0.05) is 5.75 Å². The van der Waals surface area contributed by atoms with Gasteiger partial charge in [0.05, 0.1) is 11.6 Å². The number of ether oxygens (including phenoxy) is 1. The maximum Gasteiger partial charge on any atom is 0.175 e. The number of hydrogen-bond donors (Lipinski definition) is 0. The molecule has 7 heteroatoms. The van der Waals surface area contributed by atoms with Crippen molar-refractivity contribution in [3.63, 3.8) is 0 Å². The lowest BCUT2D eigenvalue weighted by atomic mass is 10.3. The quantitative estimate of drug-likeness (QED) is 0.592. The first-order valence-corrected chi connectivity index (χ1v) is 8.57. The molecule has 0 saturated heterocycles. The highest BCUT2D eigenvalue weighted by molar-refractivity contribution is 8.02. The van der Waals surface area contributed by atoms with E-state index in [2.05, 4.69) is 10.2 Å². The number of rotatable bonds is 6. The molecule has 0 unspecified atom stereocenters. The van der Waals surface area contributed by atoms with Crippen LogP contribution in [0.15, 0.2) is 32.9 Å². The molecule has 1 aromatic carbocycles. The molecule has 1 aromatic heterocycles. The van der Waals surface area contributed by atoms with Crippen molar-refractivity contribution in [1.82, 2.24) is 10.2 Å². The zero-order valence-corrected chi connectivity index (χ0v) is 12.8. The highest BCUT2D eigenvalue weighted by atomic mass is 35.5.